The third kappa shape index (κ3) is 2.84. The molecule has 5 heteroatoms. The third-order valence-electron chi connectivity index (χ3n) is 4.95. The summed E-state index contributed by atoms with van der Waals surface area (Å²) >= 11 is 0. The van der Waals surface area contributed by atoms with E-state index in [-0.39, 0.29) is 5.91 Å². The van der Waals surface area contributed by atoms with Crippen molar-refractivity contribution in [3.63, 3.8) is 0 Å². The molecule has 0 saturated carbocycles. The van der Waals surface area contributed by atoms with Crippen LogP contribution in [0.3, 0.4) is 0 Å². The molecule has 0 radical (unpaired) electrons. The molecule has 3 heterocycles. The molecule has 3 rings (SSSR count). The molecule has 0 bridgehead atoms. The van der Waals surface area contributed by atoms with Gasteiger partial charge in [0, 0.05) is 37.8 Å². The SMILES string of the molecule is CCCn1nccc1C(=O)N1CCC[C@@]2(CCN(C)C2)C1. The van der Waals surface area contributed by atoms with Gasteiger partial charge >= 0.3 is 0 Å². The summed E-state index contributed by atoms with van der Waals surface area (Å²) in [4.78, 5) is 17.3. The quantitative estimate of drug-likeness (QED) is 0.853. The Morgan fingerprint density at radius 2 is 2.19 bits per heavy atom. The van der Waals surface area contributed by atoms with E-state index >= 15 is 0 Å². The number of aryl methyl sites for hydroxylation is 1. The van der Waals surface area contributed by atoms with Crippen LogP contribution in [0.5, 0.6) is 0 Å². The number of rotatable bonds is 3. The molecule has 5 nitrogen and oxygen atoms in total. The summed E-state index contributed by atoms with van der Waals surface area (Å²) in [6.07, 6.45) is 6.35. The largest absolute Gasteiger partial charge is 0.337 e. The number of hydrogen-bond donors (Lipinski definition) is 0. The minimum absolute atomic E-state index is 0.162. The molecular weight excluding hydrogens is 264 g/mol. The van der Waals surface area contributed by atoms with Gasteiger partial charge in [-0.1, -0.05) is 6.92 Å². The van der Waals surface area contributed by atoms with E-state index in [0.717, 1.165) is 51.3 Å². The van der Waals surface area contributed by atoms with Gasteiger partial charge in [-0.3, -0.25) is 9.48 Å². The minimum atomic E-state index is 0.162. The number of aromatic nitrogens is 2. The highest BCUT2D eigenvalue weighted by molar-refractivity contribution is 5.92. The van der Waals surface area contributed by atoms with Crippen molar-refractivity contribution in [2.75, 3.05) is 33.2 Å². The maximum absolute atomic E-state index is 12.8. The van der Waals surface area contributed by atoms with Crippen molar-refractivity contribution in [2.24, 2.45) is 5.41 Å². The van der Waals surface area contributed by atoms with E-state index in [4.69, 9.17) is 0 Å². The summed E-state index contributed by atoms with van der Waals surface area (Å²) in [7, 11) is 2.19. The Morgan fingerprint density at radius 3 is 2.90 bits per heavy atom. The van der Waals surface area contributed by atoms with Crippen LogP contribution in [0.1, 0.15) is 43.1 Å². The standard InChI is InChI=1S/C16H26N4O/c1-3-9-20-14(5-8-17-20)15(21)19-10-4-6-16(13-19)7-11-18(2)12-16/h5,8H,3-4,6-7,9-13H2,1-2H3/t16-/m0/s1. The molecule has 0 aromatic carbocycles. The first-order chi connectivity index (χ1) is 10.1. The van der Waals surface area contributed by atoms with Crippen molar-refractivity contribution in [1.29, 1.82) is 0 Å². The predicted octanol–water partition coefficient (Wildman–Crippen LogP) is 1.85. The first-order valence-electron chi connectivity index (χ1n) is 8.13. The van der Waals surface area contributed by atoms with Crippen LogP contribution in [-0.4, -0.2) is 58.7 Å². The fraction of sp³-hybridized carbons (Fsp3) is 0.750. The fourth-order valence-electron chi connectivity index (χ4n) is 3.94. The van der Waals surface area contributed by atoms with Crippen LogP contribution in [0.25, 0.3) is 0 Å². The highest BCUT2D eigenvalue weighted by Crippen LogP contribution is 2.38. The molecule has 1 spiro atoms. The van der Waals surface area contributed by atoms with Crippen LogP contribution in [0.15, 0.2) is 12.3 Å². The molecule has 2 aliphatic heterocycles. The lowest BCUT2D eigenvalue weighted by molar-refractivity contribution is 0.0522. The second kappa shape index (κ2) is 5.79. The number of nitrogens with zero attached hydrogens (tertiary/aromatic N) is 4. The summed E-state index contributed by atoms with van der Waals surface area (Å²) in [5.74, 6) is 0.162. The van der Waals surface area contributed by atoms with Gasteiger partial charge in [0.05, 0.1) is 0 Å². The maximum atomic E-state index is 12.8. The molecule has 2 aliphatic rings. The van der Waals surface area contributed by atoms with E-state index in [0.29, 0.717) is 5.41 Å². The first kappa shape index (κ1) is 14.6. The number of piperidine rings is 1. The summed E-state index contributed by atoms with van der Waals surface area (Å²) in [5, 5.41) is 4.28. The molecule has 2 fully saturated rings. The molecule has 1 aromatic rings. The molecule has 1 aromatic heterocycles. The first-order valence-corrected chi connectivity index (χ1v) is 8.13. The van der Waals surface area contributed by atoms with E-state index in [1.807, 2.05) is 10.7 Å². The molecule has 21 heavy (non-hydrogen) atoms. The van der Waals surface area contributed by atoms with Crippen molar-refractivity contribution in [1.82, 2.24) is 19.6 Å². The Labute approximate surface area is 126 Å². The molecule has 0 N–H and O–H groups in total. The smallest absolute Gasteiger partial charge is 0.272 e. The van der Waals surface area contributed by atoms with Crippen LogP contribution in [-0.2, 0) is 6.54 Å². The van der Waals surface area contributed by atoms with E-state index in [9.17, 15) is 4.79 Å². The van der Waals surface area contributed by atoms with Gasteiger partial charge in [-0.15, -0.1) is 0 Å². The Hall–Kier alpha value is -1.36. The third-order valence-corrected chi connectivity index (χ3v) is 4.95. The lowest BCUT2D eigenvalue weighted by Gasteiger charge is -2.40. The molecule has 0 unspecified atom stereocenters. The molecule has 1 amide bonds. The average molecular weight is 290 g/mol. The molecule has 116 valence electrons. The molecule has 0 aliphatic carbocycles. The monoisotopic (exact) mass is 290 g/mol. The minimum Gasteiger partial charge on any atom is -0.337 e. The van der Waals surface area contributed by atoms with Gasteiger partial charge in [-0.2, -0.15) is 5.10 Å². The van der Waals surface area contributed by atoms with Gasteiger partial charge in [0.15, 0.2) is 0 Å². The van der Waals surface area contributed by atoms with Crippen molar-refractivity contribution >= 4 is 5.91 Å². The van der Waals surface area contributed by atoms with Gasteiger partial charge in [0.1, 0.15) is 5.69 Å². The Kier molecular flexibility index (Phi) is 4.02. The summed E-state index contributed by atoms with van der Waals surface area (Å²) < 4.78 is 1.85. The Morgan fingerprint density at radius 1 is 1.33 bits per heavy atom. The summed E-state index contributed by atoms with van der Waals surface area (Å²) in [5.41, 5.74) is 1.08. The van der Waals surface area contributed by atoms with E-state index in [1.54, 1.807) is 6.20 Å². The van der Waals surface area contributed by atoms with E-state index in [2.05, 4.69) is 28.9 Å². The van der Waals surface area contributed by atoms with Crippen molar-refractivity contribution in [3.8, 4) is 0 Å². The lowest BCUT2D eigenvalue weighted by atomic mass is 9.79. The number of hydrogen-bond acceptors (Lipinski definition) is 3. The van der Waals surface area contributed by atoms with Gasteiger partial charge in [0.2, 0.25) is 0 Å². The zero-order chi connectivity index (χ0) is 14.9. The van der Waals surface area contributed by atoms with Gasteiger partial charge in [0.25, 0.3) is 5.91 Å². The number of carbonyl (C=O) groups excluding carboxylic acids is 1. The van der Waals surface area contributed by atoms with Crippen molar-refractivity contribution in [2.45, 2.75) is 39.2 Å². The zero-order valence-electron chi connectivity index (χ0n) is 13.2. The molecule has 1 atom stereocenters. The number of likely N-dealkylation sites (tertiary alicyclic amines) is 2. The second-order valence-corrected chi connectivity index (χ2v) is 6.76. The normalized spacial score (nSPS) is 26.7. The van der Waals surface area contributed by atoms with Crippen LogP contribution < -0.4 is 0 Å². The number of amides is 1. The van der Waals surface area contributed by atoms with Gasteiger partial charge < -0.3 is 9.80 Å². The zero-order valence-corrected chi connectivity index (χ0v) is 13.2. The van der Waals surface area contributed by atoms with E-state index < -0.39 is 0 Å². The topological polar surface area (TPSA) is 41.4 Å². The Balaban J connectivity index is 1.74. The summed E-state index contributed by atoms with van der Waals surface area (Å²) in [6, 6.07) is 1.86. The fourth-order valence-corrected chi connectivity index (χ4v) is 3.94. The van der Waals surface area contributed by atoms with Gasteiger partial charge in [-0.05, 0) is 45.3 Å². The highest BCUT2D eigenvalue weighted by Gasteiger charge is 2.41. The number of carbonyl (C=O) groups is 1. The average Bonchev–Trinajstić information content (AvgIpc) is 3.06. The van der Waals surface area contributed by atoms with Crippen LogP contribution >= 0.6 is 0 Å². The van der Waals surface area contributed by atoms with Crippen LogP contribution in [0.2, 0.25) is 0 Å². The summed E-state index contributed by atoms with van der Waals surface area (Å²) in [6.45, 7) is 7.02. The maximum Gasteiger partial charge on any atom is 0.272 e. The molecular formula is C16H26N4O. The molecule has 2 saturated heterocycles. The lowest BCUT2D eigenvalue weighted by Crippen LogP contribution is -2.47. The highest BCUT2D eigenvalue weighted by atomic mass is 16.2. The van der Waals surface area contributed by atoms with E-state index in [1.165, 1.54) is 12.8 Å². The Bertz CT molecular complexity index is 508. The van der Waals surface area contributed by atoms with Crippen LogP contribution in [0.4, 0.5) is 0 Å². The van der Waals surface area contributed by atoms with Crippen LogP contribution in [0, 0.1) is 5.41 Å². The predicted molar refractivity (Wildman–Crippen MR) is 82.2 cm³/mol. The second-order valence-electron chi connectivity index (χ2n) is 6.76. The van der Waals surface area contributed by atoms with Crippen molar-refractivity contribution in [3.05, 3.63) is 18.0 Å². The van der Waals surface area contributed by atoms with Crippen molar-refractivity contribution < 1.29 is 4.79 Å². The van der Waals surface area contributed by atoms with Gasteiger partial charge in [-0.25, -0.2) is 0 Å².